The summed E-state index contributed by atoms with van der Waals surface area (Å²) in [6, 6.07) is 4.26. The first-order valence-corrected chi connectivity index (χ1v) is 9.07. The van der Waals surface area contributed by atoms with Crippen LogP contribution in [-0.2, 0) is 21.3 Å². The number of carbonyl (C=O) groups is 1. The largest absolute Gasteiger partial charge is 0.494 e. The fourth-order valence-corrected chi connectivity index (χ4v) is 2.95. The topological polar surface area (TPSA) is 80.7 Å². The Morgan fingerprint density at radius 3 is 2.50 bits per heavy atom. The molecule has 0 saturated heterocycles. The van der Waals surface area contributed by atoms with Crippen molar-refractivity contribution in [1.82, 2.24) is 0 Å². The molecule has 0 atom stereocenters. The highest BCUT2D eigenvalue weighted by atomic mass is 32.2. The molecule has 1 aromatic carbocycles. The van der Waals surface area contributed by atoms with Gasteiger partial charge in [0.05, 0.1) is 11.5 Å². The second kappa shape index (κ2) is 8.90. The van der Waals surface area contributed by atoms with Crippen LogP contribution in [0.1, 0.15) is 51.5 Å². The van der Waals surface area contributed by atoms with E-state index in [1.807, 2.05) is 6.92 Å². The van der Waals surface area contributed by atoms with Gasteiger partial charge < -0.3 is 4.74 Å². The van der Waals surface area contributed by atoms with Crippen LogP contribution in [0, 0.1) is 0 Å². The lowest BCUT2D eigenvalue weighted by Gasteiger charge is -2.10. The summed E-state index contributed by atoms with van der Waals surface area (Å²) in [6.45, 7) is 4.35. The van der Waals surface area contributed by atoms with E-state index in [-0.39, 0.29) is 22.7 Å². The van der Waals surface area contributed by atoms with Crippen LogP contribution in [0.2, 0.25) is 0 Å². The molecular formula is C16H24O5S. The molecule has 0 aliphatic rings. The lowest BCUT2D eigenvalue weighted by atomic mass is 10.0. The van der Waals surface area contributed by atoms with Crippen LogP contribution in [0.3, 0.4) is 0 Å². The predicted molar refractivity (Wildman–Crippen MR) is 84.9 cm³/mol. The number of Topliss-reactive ketones (excluding diaryl/α,β-unsaturated/α-hetero) is 1. The zero-order valence-electron chi connectivity index (χ0n) is 13.2. The Kier molecular flexibility index (Phi) is 7.55. The minimum Gasteiger partial charge on any atom is -0.494 e. The van der Waals surface area contributed by atoms with Gasteiger partial charge in [-0.2, -0.15) is 8.42 Å². The standard InChI is InChI=1S/C16H24O5S/c1-3-5-6-7-8-14(17)11-13-12-15(21-4-2)9-10-16(13)22(18,19)20/h9-10,12H,3-8,11H2,1-2H3,(H,18,19,20). The van der Waals surface area contributed by atoms with Gasteiger partial charge in [-0.25, -0.2) is 0 Å². The Balaban J connectivity index is 2.85. The Labute approximate surface area is 132 Å². The minimum atomic E-state index is -4.35. The van der Waals surface area contributed by atoms with Crippen molar-refractivity contribution in [2.45, 2.75) is 57.3 Å². The summed E-state index contributed by atoms with van der Waals surface area (Å²) >= 11 is 0. The van der Waals surface area contributed by atoms with Gasteiger partial charge in [0, 0.05) is 12.8 Å². The van der Waals surface area contributed by atoms with Gasteiger partial charge in [-0.05, 0) is 37.1 Å². The Bertz CT molecular complexity index is 593. The number of ketones is 1. The van der Waals surface area contributed by atoms with Crippen LogP contribution < -0.4 is 4.74 Å². The quantitative estimate of drug-likeness (QED) is 0.526. The van der Waals surface area contributed by atoms with Crippen molar-refractivity contribution in [3.8, 4) is 5.75 Å². The molecule has 0 aromatic heterocycles. The average molecular weight is 328 g/mol. The molecule has 0 radical (unpaired) electrons. The molecular weight excluding hydrogens is 304 g/mol. The van der Waals surface area contributed by atoms with E-state index in [0.717, 1.165) is 25.7 Å². The molecule has 1 rings (SSSR count). The van der Waals surface area contributed by atoms with Crippen LogP contribution in [0.15, 0.2) is 23.1 Å². The number of carbonyl (C=O) groups excluding carboxylic acids is 1. The van der Waals surface area contributed by atoms with Crippen molar-refractivity contribution in [1.29, 1.82) is 0 Å². The number of hydrogen-bond acceptors (Lipinski definition) is 4. The van der Waals surface area contributed by atoms with E-state index >= 15 is 0 Å². The van der Waals surface area contributed by atoms with Crippen molar-refractivity contribution in [2.24, 2.45) is 0 Å². The van der Waals surface area contributed by atoms with Crippen molar-refractivity contribution in [2.75, 3.05) is 6.61 Å². The first kappa shape index (κ1) is 18.6. The highest BCUT2D eigenvalue weighted by molar-refractivity contribution is 7.85. The van der Waals surface area contributed by atoms with E-state index in [4.69, 9.17) is 4.74 Å². The summed E-state index contributed by atoms with van der Waals surface area (Å²) in [7, 11) is -4.35. The molecule has 6 heteroatoms. The molecule has 0 amide bonds. The Hall–Kier alpha value is -1.40. The van der Waals surface area contributed by atoms with Gasteiger partial charge in [0.25, 0.3) is 10.1 Å². The van der Waals surface area contributed by atoms with E-state index in [1.165, 1.54) is 18.2 Å². The molecule has 124 valence electrons. The summed E-state index contributed by atoms with van der Waals surface area (Å²) in [4.78, 5) is 11.8. The number of hydrogen-bond donors (Lipinski definition) is 1. The van der Waals surface area contributed by atoms with Gasteiger partial charge in [-0.15, -0.1) is 0 Å². The van der Waals surface area contributed by atoms with E-state index in [0.29, 0.717) is 18.8 Å². The summed E-state index contributed by atoms with van der Waals surface area (Å²) in [5, 5.41) is 0. The molecule has 22 heavy (non-hydrogen) atoms. The highest BCUT2D eigenvalue weighted by Crippen LogP contribution is 2.23. The average Bonchev–Trinajstić information content (AvgIpc) is 2.43. The molecule has 1 N–H and O–H groups in total. The summed E-state index contributed by atoms with van der Waals surface area (Å²) in [5.74, 6) is 0.457. The second-order valence-corrected chi connectivity index (χ2v) is 6.59. The monoisotopic (exact) mass is 328 g/mol. The van der Waals surface area contributed by atoms with Gasteiger partial charge in [-0.1, -0.05) is 26.2 Å². The predicted octanol–water partition coefficient (Wildman–Crippen LogP) is 3.41. The maximum atomic E-state index is 12.0. The van der Waals surface area contributed by atoms with E-state index in [1.54, 1.807) is 0 Å². The van der Waals surface area contributed by atoms with Crippen molar-refractivity contribution < 1.29 is 22.5 Å². The van der Waals surface area contributed by atoms with Crippen molar-refractivity contribution in [3.05, 3.63) is 23.8 Å². The van der Waals surface area contributed by atoms with Crippen LogP contribution in [-0.4, -0.2) is 25.4 Å². The van der Waals surface area contributed by atoms with Crippen LogP contribution in [0.25, 0.3) is 0 Å². The minimum absolute atomic E-state index is 0.0117. The molecule has 0 fully saturated rings. The fraction of sp³-hybridized carbons (Fsp3) is 0.562. The Morgan fingerprint density at radius 2 is 1.91 bits per heavy atom. The number of benzene rings is 1. The molecule has 1 aromatic rings. The molecule has 0 heterocycles. The van der Waals surface area contributed by atoms with Crippen molar-refractivity contribution >= 4 is 15.9 Å². The number of rotatable bonds is 10. The molecule has 5 nitrogen and oxygen atoms in total. The maximum Gasteiger partial charge on any atom is 0.294 e. The second-order valence-electron chi connectivity index (χ2n) is 5.20. The van der Waals surface area contributed by atoms with Crippen LogP contribution in [0.4, 0.5) is 0 Å². The molecule has 0 bridgehead atoms. The highest BCUT2D eigenvalue weighted by Gasteiger charge is 2.18. The fourth-order valence-electron chi connectivity index (χ4n) is 2.25. The van der Waals surface area contributed by atoms with Gasteiger partial charge in [-0.3, -0.25) is 9.35 Å². The van der Waals surface area contributed by atoms with E-state index in [2.05, 4.69) is 6.92 Å². The number of unbranched alkanes of at least 4 members (excludes halogenated alkanes) is 3. The first-order chi connectivity index (χ1) is 10.4. The Morgan fingerprint density at radius 1 is 1.18 bits per heavy atom. The summed E-state index contributed by atoms with van der Waals surface area (Å²) in [6.07, 6.45) is 4.39. The third-order valence-corrected chi connectivity index (χ3v) is 4.27. The summed E-state index contributed by atoms with van der Waals surface area (Å²) < 4.78 is 37.4. The van der Waals surface area contributed by atoms with Crippen molar-refractivity contribution in [3.63, 3.8) is 0 Å². The lowest BCUT2D eigenvalue weighted by Crippen LogP contribution is -2.09. The van der Waals surface area contributed by atoms with Crippen LogP contribution >= 0.6 is 0 Å². The summed E-state index contributed by atoms with van der Waals surface area (Å²) in [5.41, 5.74) is 0.286. The first-order valence-electron chi connectivity index (χ1n) is 7.63. The lowest BCUT2D eigenvalue weighted by molar-refractivity contribution is -0.118. The van der Waals surface area contributed by atoms with E-state index in [9.17, 15) is 17.8 Å². The smallest absolute Gasteiger partial charge is 0.294 e. The van der Waals surface area contributed by atoms with E-state index < -0.39 is 10.1 Å². The maximum absolute atomic E-state index is 12.0. The third-order valence-electron chi connectivity index (χ3n) is 3.32. The normalized spacial score (nSPS) is 11.4. The third kappa shape index (κ3) is 6.15. The molecule has 0 aliphatic carbocycles. The molecule has 0 unspecified atom stereocenters. The molecule has 0 aliphatic heterocycles. The van der Waals surface area contributed by atoms with Gasteiger partial charge in [0.1, 0.15) is 11.5 Å². The molecule has 0 saturated carbocycles. The zero-order chi connectivity index (χ0) is 16.6. The molecule has 0 spiro atoms. The zero-order valence-corrected chi connectivity index (χ0v) is 14.0. The van der Waals surface area contributed by atoms with Gasteiger partial charge in [0.2, 0.25) is 0 Å². The van der Waals surface area contributed by atoms with Crippen LogP contribution in [0.5, 0.6) is 5.75 Å². The van der Waals surface area contributed by atoms with Gasteiger partial charge in [0.15, 0.2) is 0 Å². The SMILES string of the molecule is CCCCCCC(=O)Cc1cc(OCC)ccc1S(=O)(=O)O. The van der Waals surface area contributed by atoms with Gasteiger partial charge >= 0.3 is 0 Å². The number of ether oxygens (including phenoxy) is 1.